The van der Waals surface area contributed by atoms with E-state index in [2.05, 4.69) is 63.0 Å². The lowest BCUT2D eigenvalue weighted by atomic mass is 9.85. The standard InChI is InChI=1S/C31H25BrCl2N2O/c32-24-2-1-3-27(19-24)37-17-16-36-29-18-23(10-15-28(29)35-31(36)22-4-5-22)30(20-6-11-25(33)12-7-20)21-8-13-26(34)14-9-21/h1-3,6-15,18-19,22,30H,4-5,16-17H2. The molecule has 37 heavy (non-hydrogen) atoms. The Kier molecular flexibility index (Phi) is 6.98. The van der Waals surface area contributed by atoms with E-state index in [1.165, 1.54) is 35.4 Å². The summed E-state index contributed by atoms with van der Waals surface area (Å²) in [5, 5.41) is 1.46. The number of aromatic nitrogens is 2. The van der Waals surface area contributed by atoms with E-state index in [1.807, 2.05) is 48.5 Å². The molecule has 1 saturated carbocycles. The molecule has 6 rings (SSSR count). The number of benzene rings is 4. The van der Waals surface area contributed by atoms with Gasteiger partial charge in [-0.15, -0.1) is 0 Å². The predicted molar refractivity (Wildman–Crippen MR) is 155 cm³/mol. The van der Waals surface area contributed by atoms with Crippen LogP contribution in [-0.4, -0.2) is 16.2 Å². The highest BCUT2D eigenvalue weighted by Crippen LogP contribution is 2.41. The maximum Gasteiger partial charge on any atom is 0.120 e. The van der Waals surface area contributed by atoms with Crippen molar-refractivity contribution in [3.05, 3.63) is 128 Å². The summed E-state index contributed by atoms with van der Waals surface area (Å²) in [7, 11) is 0. The molecule has 0 aliphatic heterocycles. The van der Waals surface area contributed by atoms with E-state index in [0.717, 1.165) is 37.8 Å². The highest BCUT2D eigenvalue weighted by Gasteiger charge is 2.30. The lowest BCUT2D eigenvalue weighted by Gasteiger charge is -2.20. The zero-order chi connectivity index (χ0) is 25.4. The van der Waals surface area contributed by atoms with Crippen molar-refractivity contribution >= 4 is 50.2 Å². The summed E-state index contributed by atoms with van der Waals surface area (Å²) in [5.74, 6) is 2.60. The van der Waals surface area contributed by atoms with Crippen LogP contribution in [-0.2, 0) is 6.54 Å². The van der Waals surface area contributed by atoms with Crippen molar-refractivity contribution in [2.24, 2.45) is 0 Å². The van der Waals surface area contributed by atoms with Crippen LogP contribution in [0.5, 0.6) is 5.75 Å². The average Bonchev–Trinajstić information content (AvgIpc) is 3.68. The molecule has 186 valence electrons. The van der Waals surface area contributed by atoms with Gasteiger partial charge in [0.15, 0.2) is 0 Å². The van der Waals surface area contributed by atoms with Crippen LogP contribution in [0, 0.1) is 0 Å². The van der Waals surface area contributed by atoms with Crippen LogP contribution in [0.4, 0.5) is 0 Å². The maximum atomic E-state index is 6.22. The van der Waals surface area contributed by atoms with Crippen molar-refractivity contribution in [2.75, 3.05) is 6.61 Å². The van der Waals surface area contributed by atoms with Gasteiger partial charge in [0, 0.05) is 26.4 Å². The van der Waals surface area contributed by atoms with Crippen LogP contribution >= 0.6 is 39.1 Å². The first kappa shape index (κ1) is 24.5. The predicted octanol–water partition coefficient (Wildman–Crippen LogP) is 9.24. The zero-order valence-electron chi connectivity index (χ0n) is 20.1. The second kappa shape index (κ2) is 10.5. The lowest BCUT2D eigenvalue weighted by Crippen LogP contribution is -2.11. The number of hydrogen-bond donors (Lipinski definition) is 0. The molecule has 0 N–H and O–H groups in total. The summed E-state index contributed by atoms with van der Waals surface area (Å²) in [4.78, 5) is 5.05. The number of hydrogen-bond acceptors (Lipinski definition) is 2. The molecule has 1 aliphatic carbocycles. The van der Waals surface area contributed by atoms with Gasteiger partial charge >= 0.3 is 0 Å². The zero-order valence-corrected chi connectivity index (χ0v) is 23.2. The van der Waals surface area contributed by atoms with E-state index < -0.39 is 0 Å². The van der Waals surface area contributed by atoms with E-state index >= 15 is 0 Å². The summed E-state index contributed by atoms with van der Waals surface area (Å²) in [6, 6.07) is 30.8. The average molecular weight is 592 g/mol. The van der Waals surface area contributed by atoms with E-state index in [1.54, 1.807) is 0 Å². The molecule has 6 heteroatoms. The summed E-state index contributed by atoms with van der Waals surface area (Å²) < 4.78 is 9.47. The molecule has 1 fully saturated rings. The van der Waals surface area contributed by atoms with Gasteiger partial charge in [0.2, 0.25) is 0 Å². The minimum atomic E-state index is 0.0459. The van der Waals surface area contributed by atoms with Crippen LogP contribution in [0.25, 0.3) is 11.0 Å². The third-order valence-electron chi connectivity index (χ3n) is 6.86. The molecule has 0 bridgehead atoms. The molecule has 0 atom stereocenters. The first-order valence-electron chi connectivity index (χ1n) is 12.4. The molecule has 0 saturated heterocycles. The smallest absolute Gasteiger partial charge is 0.120 e. The van der Waals surface area contributed by atoms with Crippen molar-refractivity contribution in [1.82, 2.24) is 9.55 Å². The van der Waals surface area contributed by atoms with E-state index in [0.29, 0.717) is 12.5 Å². The molecule has 1 aliphatic rings. The van der Waals surface area contributed by atoms with Crippen molar-refractivity contribution in [1.29, 1.82) is 0 Å². The Morgan fingerprint density at radius 3 is 2.11 bits per heavy atom. The number of ether oxygens (including phenoxy) is 1. The molecule has 5 aromatic rings. The fourth-order valence-corrected chi connectivity index (χ4v) is 5.56. The Morgan fingerprint density at radius 2 is 1.49 bits per heavy atom. The van der Waals surface area contributed by atoms with Gasteiger partial charge < -0.3 is 9.30 Å². The number of imidazole rings is 1. The molecule has 4 aromatic carbocycles. The lowest BCUT2D eigenvalue weighted by molar-refractivity contribution is 0.298. The Hall–Kier alpha value is -2.79. The third-order valence-corrected chi connectivity index (χ3v) is 7.86. The Bertz CT molecular complexity index is 1500. The third kappa shape index (κ3) is 5.43. The monoisotopic (exact) mass is 590 g/mol. The topological polar surface area (TPSA) is 27.1 Å². The van der Waals surface area contributed by atoms with Gasteiger partial charge in [-0.05, 0) is 84.1 Å². The van der Waals surface area contributed by atoms with Crippen molar-refractivity contribution < 1.29 is 4.74 Å². The summed E-state index contributed by atoms with van der Waals surface area (Å²) in [6.45, 7) is 1.31. The molecule has 0 unspecified atom stereocenters. The molecule has 1 aromatic heterocycles. The van der Waals surface area contributed by atoms with Crippen molar-refractivity contribution in [2.45, 2.75) is 31.2 Å². The van der Waals surface area contributed by atoms with E-state index in [9.17, 15) is 0 Å². The van der Waals surface area contributed by atoms with E-state index in [-0.39, 0.29) is 5.92 Å². The van der Waals surface area contributed by atoms with Gasteiger partial charge in [-0.25, -0.2) is 4.98 Å². The fourth-order valence-electron chi connectivity index (χ4n) is 4.93. The second-order valence-electron chi connectivity index (χ2n) is 9.49. The maximum absolute atomic E-state index is 6.22. The Morgan fingerprint density at radius 1 is 0.838 bits per heavy atom. The van der Waals surface area contributed by atoms with Crippen LogP contribution in [0.2, 0.25) is 10.0 Å². The minimum Gasteiger partial charge on any atom is -0.492 e. The van der Waals surface area contributed by atoms with E-state index in [4.69, 9.17) is 32.9 Å². The molecule has 1 heterocycles. The molecule has 0 amide bonds. The van der Waals surface area contributed by atoms with Gasteiger partial charge in [0.1, 0.15) is 18.2 Å². The molecular weight excluding hydrogens is 567 g/mol. The fraction of sp³-hybridized carbons (Fsp3) is 0.194. The first-order chi connectivity index (χ1) is 18.0. The molecule has 0 radical (unpaired) electrons. The van der Waals surface area contributed by atoms with Crippen LogP contribution in [0.1, 0.15) is 47.2 Å². The quantitative estimate of drug-likeness (QED) is 0.168. The molecular formula is C31H25BrCl2N2O. The Labute approximate surface area is 235 Å². The number of rotatable bonds is 8. The normalized spacial score (nSPS) is 13.4. The minimum absolute atomic E-state index is 0.0459. The highest BCUT2D eigenvalue weighted by atomic mass is 79.9. The largest absolute Gasteiger partial charge is 0.492 e. The summed E-state index contributed by atoms with van der Waals surface area (Å²) in [6.07, 6.45) is 2.39. The van der Waals surface area contributed by atoms with Gasteiger partial charge in [-0.2, -0.15) is 0 Å². The highest BCUT2D eigenvalue weighted by molar-refractivity contribution is 9.10. The number of fused-ring (bicyclic) bond motifs is 1. The van der Waals surface area contributed by atoms with Crippen molar-refractivity contribution in [3.63, 3.8) is 0 Å². The van der Waals surface area contributed by atoms with Gasteiger partial charge in [0.05, 0.1) is 17.6 Å². The first-order valence-corrected chi connectivity index (χ1v) is 14.0. The summed E-state index contributed by atoms with van der Waals surface area (Å²) >= 11 is 16.0. The molecule has 0 spiro atoms. The number of nitrogens with zero attached hydrogens (tertiary/aromatic N) is 2. The van der Waals surface area contributed by atoms with Gasteiger partial charge in [0.25, 0.3) is 0 Å². The van der Waals surface area contributed by atoms with Crippen LogP contribution in [0.3, 0.4) is 0 Å². The van der Waals surface area contributed by atoms with Gasteiger partial charge in [-0.1, -0.05) is 75.5 Å². The SMILES string of the molecule is Clc1ccc(C(c2ccc(Cl)cc2)c2ccc3nc(C4CC4)n(CCOc4cccc(Br)c4)c3c2)cc1. The Balaban J connectivity index is 1.39. The summed E-state index contributed by atoms with van der Waals surface area (Å²) in [5.41, 5.74) is 5.73. The van der Waals surface area contributed by atoms with Crippen LogP contribution < -0.4 is 4.74 Å². The second-order valence-corrected chi connectivity index (χ2v) is 11.3. The van der Waals surface area contributed by atoms with Crippen LogP contribution in [0.15, 0.2) is 95.5 Å². The van der Waals surface area contributed by atoms with Crippen molar-refractivity contribution in [3.8, 4) is 5.75 Å². The molecule has 3 nitrogen and oxygen atoms in total. The van der Waals surface area contributed by atoms with Gasteiger partial charge in [-0.3, -0.25) is 0 Å². The number of halogens is 3.